The summed E-state index contributed by atoms with van der Waals surface area (Å²) in [5, 5.41) is 0.698. The molecule has 0 aliphatic carbocycles. The Hall–Kier alpha value is -1.71. The molecule has 0 aromatic heterocycles. The van der Waals surface area contributed by atoms with Gasteiger partial charge in [0.2, 0.25) is 5.91 Å². The topological polar surface area (TPSA) is 20.3 Å². The third-order valence-electron chi connectivity index (χ3n) is 4.55. The molecule has 124 valence electrons. The van der Waals surface area contributed by atoms with E-state index in [9.17, 15) is 4.79 Å². The van der Waals surface area contributed by atoms with Crippen LogP contribution < -0.4 is 0 Å². The number of benzene rings is 2. The van der Waals surface area contributed by atoms with Crippen LogP contribution in [0.5, 0.6) is 0 Å². The Balaban J connectivity index is 2.17. The zero-order valence-electron chi connectivity index (χ0n) is 14.0. The molecule has 2 aromatic carbocycles. The minimum Gasteiger partial charge on any atom is -0.339 e. The number of thioether (sulfide) groups is 1. The predicted molar refractivity (Wildman–Crippen MR) is 103 cm³/mol. The average Bonchev–Trinajstić information content (AvgIpc) is 2.85. The standard InChI is InChI=1S/C20H20ClNOS/c1-13-12-18(20(23)22(13)2)19(14-4-8-16(21)9-5-14)15-6-10-17(24-3)11-7-15/h4-11,13H,12H2,1-3H3. The molecule has 0 radical (unpaired) electrons. The normalized spacial score (nSPS) is 19.8. The van der Waals surface area contributed by atoms with Gasteiger partial charge in [-0.1, -0.05) is 35.9 Å². The number of rotatable bonds is 3. The van der Waals surface area contributed by atoms with E-state index in [1.807, 2.05) is 36.2 Å². The summed E-state index contributed by atoms with van der Waals surface area (Å²) in [6, 6.07) is 16.3. The molecule has 0 saturated carbocycles. The van der Waals surface area contributed by atoms with Crippen molar-refractivity contribution in [3.8, 4) is 0 Å². The van der Waals surface area contributed by atoms with E-state index in [2.05, 4.69) is 37.4 Å². The number of carbonyl (C=O) groups excluding carboxylic acids is 1. The maximum atomic E-state index is 12.7. The number of carbonyl (C=O) groups is 1. The van der Waals surface area contributed by atoms with Crippen molar-refractivity contribution in [3.05, 3.63) is 70.3 Å². The van der Waals surface area contributed by atoms with E-state index < -0.39 is 0 Å². The summed E-state index contributed by atoms with van der Waals surface area (Å²) in [4.78, 5) is 15.8. The van der Waals surface area contributed by atoms with Gasteiger partial charge in [0, 0.05) is 28.6 Å². The Morgan fingerprint density at radius 1 is 1.08 bits per heavy atom. The summed E-state index contributed by atoms with van der Waals surface area (Å²) < 4.78 is 0. The lowest BCUT2D eigenvalue weighted by atomic mass is 9.91. The van der Waals surface area contributed by atoms with Crippen LogP contribution in [-0.4, -0.2) is 30.2 Å². The molecule has 1 fully saturated rings. The van der Waals surface area contributed by atoms with Gasteiger partial charge in [-0.15, -0.1) is 11.8 Å². The lowest BCUT2D eigenvalue weighted by Crippen LogP contribution is -2.26. The summed E-state index contributed by atoms with van der Waals surface area (Å²) in [7, 11) is 1.87. The van der Waals surface area contributed by atoms with Crippen molar-refractivity contribution in [2.75, 3.05) is 13.3 Å². The van der Waals surface area contributed by atoms with Crippen LogP contribution in [0.3, 0.4) is 0 Å². The molecule has 1 heterocycles. The summed E-state index contributed by atoms with van der Waals surface area (Å²) in [5.41, 5.74) is 3.99. The molecule has 1 unspecified atom stereocenters. The van der Waals surface area contributed by atoms with Gasteiger partial charge < -0.3 is 4.90 Å². The summed E-state index contributed by atoms with van der Waals surface area (Å²) in [6.45, 7) is 2.08. The van der Waals surface area contributed by atoms with Crippen LogP contribution in [-0.2, 0) is 4.79 Å². The number of likely N-dealkylation sites (tertiary alicyclic amines) is 1. The van der Waals surface area contributed by atoms with E-state index in [1.54, 1.807) is 11.8 Å². The molecule has 1 aliphatic rings. The molecule has 1 atom stereocenters. The molecular weight excluding hydrogens is 338 g/mol. The smallest absolute Gasteiger partial charge is 0.250 e. The zero-order chi connectivity index (χ0) is 17.3. The maximum absolute atomic E-state index is 12.7. The number of amides is 1. The maximum Gasteiger partial charge on any atom is 0.250 e. The molecular formula is C20H20ClNOS. The largest absolute Gasteiger partial charge is 0.339 e. The molecule has 1 saturated heterocycles. The molecule has 0 bridgehead atoms. The predicted octanol–water partition coefficient (Wildman–Crippen LogP) is 5.11. The van der Waals surface area contributed by atoms with Gasteiger partial charge in [0.05, 0.1) is 0 Å². The van der Waals surface area contributed by atoms with Gasteiger partial charge in [-0.2, -0.15) is 0 Å². The molecule has 0 spiro atoms. The number of halogens is 1. The monoisotopic (exact) mass is 357 g/mol. The SMILES string of the molecule is CSc1ccc(C(=C2CC(C)N(C)C2=O)c2ccc(Cl)cc2)cc1. The van der Waals surface area contributed by atoms with Gasteiger partial charge in [-0.05, 0) is 60.6 Å². The number of likely N-dealkylation sites (N-methyl/N-ethyl adjacent to an activating group) is 1. The van der Waals surface area contributed by atoms with E-state index >= 15 is 0 Å². The first-order valence-corrected chi connectivity index (χ1v) is 9.52. The highest BCUT2D eigenvalue weighted by atomic mass is 35.5. The van der Waals surface area contributed by atoms with Crippen molar-refractivity contribution in [1.82, 2.24) is 4.90 Å². The van der Waals surface area contributed by atoms with Crippen LogP contribution in [0.1, 0.15) is 24.5 Å². The van der Waals surface area contributed by atoms with E-state index in [4.69, 9.17) is 11.6 Å². The Morgan fingerprint density at radius 3 is 2.08 bits per heavy atom. The van der Waals surface area contributed by atoms with Crippen LogP contribution in [0.25, 0.3) is 5.57 Å². The van der Waals surface area contributed by atoms with Gasteiger partial charge in [0.15, 0.2) is 0 Å². The first kappa shape index (κ1) is 17.1. The first-order chi connectivity index (χ1) is 11.5. The van der Waals surface area contributed by atoms with Crippen molar-refractivity contribution in [3.63, 3.8) is 0 Å². The van der Waals surface area contributed by atoms with Gasteiger partial charge in [0.1, 0.15) is 0 Å². The van der Waals surface area contributed by atoms with E-state index in [0.717, 1.165) is 28.7 Å². The molecule has 3 rings (SSSR count). The molecule has 2 aromatic rings. The second kappa shape index (κ2) is 7.04. The molecule has 4 heteroatoms. The highest BCUT2D eigenvalue weighted by Gasteiger charge is 2.32. The van der Waals surface area contributed by atoms with Gasteiger partial charge >= 0.3 is 0 Å². The van der Waals surface area contributed by atoms with E-state index in [-0.39, 0.29) is 11.9 Å². The molecule has 0 N–H and O–H groups in total. The van der Waals surface area contributed by atoms with Crippen molar-refractivity contribution in [2.45, 2.75) is 24.3 Å². The van der Waals surface area contributed by atoms with Gasteiger partial charge in [-0.25, -0.2) is 0 Å². The summed E-state index contributed by atoms with van der Waals surface area (Å²) in [6.07, 6.45) is 2.82. The molecule has 2 nitrogen and oxygen atoms in total. The quantitative estimate of drug-likeness (QED) is 0.561. The Kier molecular flexibility index (Phi) is 5.02. The van der Waals surface area contributed by atoms with E-state index in [0.29, 0.717) is 5.02 Å². The van der Waals surface area contributed by atoms with Crippen molar-refractivity contribution in [2.24, 2.45) is 0 Å². The highest BCUT2D eigenvalue weighted by Crippen LogP contribution is 2.35. The minimum atomic E-state index is 0.112. The van der Waals surface area contributed by atoms with Crippen LogP contribution in [0.4, 0.5) is 0 Å². The third-order valence-corrected chi connectivity index (χ3v) is 5.55. The van der Waals surface area contributed by atoms with Crippen LogP contribution in [0.15, 0.2) is 59.0 Å². The van der Waals surface area contributed by atoms with Crippen molar-refractivity contribution >= 4 is 34.8 Å². The fraction of sp³-hybridized carbons (Fsp3) is 0.250. The third kappa shape index (κ3) is 3.24. The lowest BCUT2D eigenvalue weighted by molar-refractivity contribution is -0.124. The van der Waals surface area contributed by atoms with Crippen molar-refractivity contribution in [1.29, 1.82) is 0 Å². The van der Waals surface area contributed by atoms with Crippen molar-refractivity contribution < 1.29 is 4.79 Å². The summed E-state index contributed by atoms with van der Waals surface area (Å²) >= 11 is 7.75. The number of nitrogens with zero attached hydrogens (tertiary/aromatic N) is 1. The second-order valence-corrected chi connectivity index (χ2v) is 7.37. The van der Waals surface area contributed by atoms with Gasteiger partial charge in [0.25, 0.3) is 0 Å². The van der Waals surface area contributed by atoms with Crippen LogP contribution >= 0.6 is 23.4 Å². The molecule has 1 aliphatic heterocycles. The van der Waals surface area contributed by atoms with Gasteiger partial charge in [-0.3, -0.25) is 4.79 Å². The molecule has 1 amide bonds. The Morgan fingerprint density at radius 2 is 1.62 bits per heavy atom. The fourth-order valence-corrected chi connectivity index (χ4v) is 3.57. The second-order valence-electron chi connectivity index (χ2n) is 6.06. The minimum absolute atomic E-state index is 0.112. The van der Waals surface area contributed by atoms with Crippen LogP contribution in [0.2, 0.25) is 5.02 Å². The first-order valence-electron chi connectivity index (χ1n) is 7.92. The highest BCUT2D eigenvalue weighted by molar-refractivity contribution is 7.98. The number of hydrogen-bond donors (Lipinski definition) is 0. The average molecular weight is 358 g/mol. The lowest BCUT2D eigenvalue weighted by Gasteiger charge is -2.14. The molecule has 24 heavy (non-hydrogen) atoms. The fourth-order valence-electron chi connectivity index (χ4n) is 3.03. The Bertz CT molecular complexity index is 780. The Labute approximate surface area is 152 Å². The number of hydrogen-bond acceptors (Lipinski definition) is 2. The van der Waals surface area contributed by atoms with E-state index in [1.165, 1.54) is 4.90 Å². The zero-order valence-corrected chi connectivity index (χ0v) is 15.6. The van der Waals surface area contributed by atoms with Crippen LogP contribution in [0, 0.1) is 0 Å². The summed E-state index contributed by atoms with van der Waals surface area (Å²) in [5.74, 6) is 0.112.